The molecule has 5 rings (SSSR count). The van der Waals surface area contributed by atoms with Gasteiger partial charge in [-0.05, 0) is 61.6 Å². The van der Waals surface area contributed by atoms with Crippen molar-refractivity contribution in [3.05, 3.63) is 60.6 Å². The number of rotatable bonds is 2. The molecule has 5 nitrogen and oxygen atoms in total. The molecule has 0 saturated carbocycles. The van der Waals surface area contributed by atoms with Gasteiger partial charge in [0.15, 0.2) is 5.78 Å². The number of hydrogen-bond donors (Lipinski definition) is 1. The molecule has 0 radical (unpaired) electrons. The highest BCUT2D eigenvalue weighted by Gasteiger charge is 2.42. The maximum absolute atomic E-state index is 13.4. The molecule has 2 aromatic rings. The third-order valence-electron chi connectivity index (χ3n) is 7.28. The summed E-state index contributed by atoms with van der Waals surface area (Å²) < 4.78 is 0. The molecule has 2 N–H and O–H groups in total. The number of nitriles is 2. The summed E-state index contributed by atoms with van der Waals surface area (Å²) in [6, 6.07) is 8.98. The third-order valence-corrected chi connectivity index (χ3v) is 10.1. The minimum atomic E-state index is -0.441. The van der Waals surface area contributed by atoms with Gasteiger partial charge in [-0.3, -0.25) is 9.69 Å². The van der Waals surface area contributed by atoms with E-state index in [1.54, 1.807) is 22.7 Å². The lowest BCUT2D eigenvalue weighted by molar-refractivity contribution is -0.116. The first-order chi connectivity index (χ1) is 16.8. The highest BCUT2D eigenvalue weighted by Crippen LogP contribution is 2.51. The van der Waals surface area contributed by atoms with Crippen LogP contribution in [0.1, 0.15) is 91.0 Å². The zero-order valence-electron chi connectivity index (χ0n) is 20.5. The van der Waals surface area contributed by atoms with E-state index in [0.717, 1.165) is 53.2 Å². The van der Waals surface area contributed by atoms with Crippen LogP contribution in [0.25, 0.3) is 0 Å². The number of anilines is 1. The van der Waals surface area contributed by atoms with E-state index < -0.39 is 5.92 Å². The number of thiophene rings is 2. The number of allylic oxidation sites excluding steroid dienone is 3. The van der Waals surface area contributed by atoms with E-state index in [-0.39, 0.29) is 11.2 Å². The minimum Gasteiger partial charge on any atom is -0.384 e. The molecule has 0 bridgehead atoms. The lowest BCUT2D eigenvalue weighted by atomic mass is 9.78. The summed E-state index contributed by atoms with van der Waals surface area (Å²) in [7, 11) is 0. The molecule has 1 aliphatic heterocycles. The molecule has 2 aliphatic carbocycles. The lowest BCUT2D eigenvalue weighted by Gasteiger charge is -2.38. The molecule has 3 heterocycles. The van der Waals surface area contributed by atoms with Gasteiger partial charge in [0.25, 0.3) is 0 Å². The van der Waals surface area contributed by atoms with Gasteiger partial charge in [-0.1, -0.05) is 27.2 Å². The summed E-state index contributed by atoms with van der Waals surface area (Å²) in [5.74, 6) is 0.0110. The van der Waals surface area contributed by atoms with E-state index in [0.29, 0.717) is 35.4 Å². The van der Waals surface area contributed by atoms with Crippen LogP contribution in [0.2, 0.25) is 0 Å². The van der Waals surface area contributed by atoms with Crippen LogP contribution >= 0.6 is 22.7 Å². The van der Waals surface area contributed by atoms with E-state index in [1.807, 2.05) is 4.90 Å². The molecule has 35 heavy (non-hydrogen) atoms. The molecule has 0 spiro atoms. The van der Waals surface area contributed by atoms with Crippen molar-refractivity contribution in [1.82, 2.24) is 0 Å². The van der Waals surface area contributed by atoms with Crippen LogP contribution in [-0.2, 0) is 23.1 Å². The van der Waals surface area contributed by atoms with Crippen LogP contribution in [0.4, 0.5) is 5.00 Å². The second-order valence-electron chi connectivity index (χ2n) is 10.6. The Morgan fingerprint density at radius 1 is 1.00 bits per heavy atom. The number of hydrogen-bond acceptors (Lipinski definition) is 7. The summed E-state index contributed by atoms with van der Waals surface area (Å²) in [6.45, 7) is 6.50. The van der Waals surface area contributed by atoms with Crippen LogP contribution in [0.5, 0.6) is 0 Å². The van der Waals surface area contributed by atoms with Crippen molar-refractivity contribution in [2.75, 3.05) is 4.90 Å². The zero-order chi connectivity index (χ0) is 24.9. The van der Waals surface area contributed by atoms with Gasteiger partial charge in [0.05, 0.1) is 23.1 Å². The summed E-state index contributed by atoms with van der Waals surface area (Å²) in [5, 5.41) is 21.3. The number of Topliss-reactive ketones (excluding diaryl/α,β-unsaturated/α-hetero) is 1. The predicted molar refractivity (Wildman–Crippen MR) is 141 cm³/mol. The summed E-state index contributed by atoms with van der Waals surface area (Å²) in [6.07, 6.45) is 7.18. The first kappa shape index (κ1) is 23.9. The van der Waals surface area contributed by atoms with Crippen molar-refractivity contribution < 1.29 is 4.79 Å². The minimum absolute atomic E-state index is 0.0179. The van der Waals surface area contributed by atoms with Crippen molar-refractivity contribution in [2.45, 2.75) is 83.5 Å². The van der Waals surface area contributed by atoms with Crippen molar-refractivity contribution in [1.29, 1.82) is 10.5 Å². The Balaban J connectivity index is 1.72. The molecule has 0 unspecified atom stereocenters. The third kappa shape index (κ3) is 3.92. The topological polar surface area (TPSA) is 93.9 Å². The van der Waals surface area contributed by atoms with Crippen LogP contribution in [-0.4, -0.2) is 5.78 Å². The average Bonchev–Trinajstić information content (AvgIpc) is 3.37. The van der Waals surface area contributed by atoms with E-state index in [2.05, 4.69) is 45.0 Å². The van der Waals surface area contributed by atoms with E-state index in [4.69, 9.17) is 5.73 Å². The number of fused-ring (bicyclic) bond motifs is 1. The molecule has 0 aromatic carbocycles. The number of ketones is 1. The molecule has 7 heteroatoms. The molecular formula is C28H30N4OS2. The van der Waals surface area contributed by atoms with E-state index in [1.165, 1.54) is 16.2 Å². The Morgan fingerprint density at radius 2 is 1.77 bits per heavy atom. The highest BCUT2D eigenvalue weighted by atomic mass is 32.1. The molecule has 0 saturated heterocycles. The summed E-state index contributed by atoms with van der Waals surface area (Å²) in [5.41, 5.74) is 10.6. The number of carbonyl (C=O) groups is 1. The fourth-order valence-electron chi connectivity index (χ4n) is 5.52. The summed E-state index contributed by atoms with van der Waals surface area (Å²) in [4.78, 5) is 18.8. The molecule has 180 valence electrons. The fraction of sp³-hybridized carbons (Fsp3) is 0.464. The predicted octanol–water partition coefficient (Wildman–Crippen LogP) is 6.55. The largest absolute Gasteiger partial charge is 0.384 e. The van der Waals surface area contributed by atoms with E-state index in [9.17, 15) is 15.3 Å². The quantitative estimate of drug-likeness (QED) is 0.470. The van der Waals surface area contributed by atoms with E-state index >= 15 is 0 Å². The fourth-order valence-corrected chi connectivity index (χ4v) is 8.08. The van der Waals surface area contributed by atoms with Crippen LogP contribution in [0, 0.1) is 22.7 Å². The SMILES string of the molecule is CC(C)(C)c1ccc([C@H]2C(C#N)=C(N)N(c3sc4c(c3C#N)CCCCC4)C3=C2C(=O)CCC3)s1. The standard InChI is InChI=1S/C28H30N4OS2/c1-28(2,3)23-13-12-22(34-23)24-18(15-30)26(31)32(19-9-7-10-20(33)25(19)24)27-17(14-29)16-8-5-4-6-11-21(16)35-27/h12-13,24H,4-11,31H2,1-3H3/t24-/m1/s1. The second kappa shape index (κ2) is 8.97. The smallest absolute Gasteiger partial charge is 0.161 e. The van der Waals surface area contributed by atoms with Gasteiger partial charge >= 0.3 is 0 Å². The molecule has 2 aromatic heterocycles. The van der Waals surface area contributed by atoms with Gasteiger partial charge in [-0.15, -0.1) is 22.7 Å². The monoisotopic (exact) mass is 502 g/mol. The summed E-state index contributed by atoms with van der Waals surface area (Å²) >= 11 is 3.28. The zero-order valence-corrected chi connectivity index (χ0v) is 22.2. The Hall–Kier alpha value is -2.87. The lowest BCUT2D eigenvalue weighted by Crippen LogP contribution is -2.38. The molecular weight excluding hydrogens is 472 g/mol. The number of nitrogens with two attached hydrogens (primary N) is 1. The van der Waals surface area contributed by atoms with Crippen molar-refractivity contribution in [2.24, 2.45) is 5.73 Å². The number of carbonyl (C=O) groups excluding carboxylic acids is 1. The normalized spacial score (nSPS) is 20.8. The molecule has 0 amide bonds. The maximum Gasteiger partial charge on any atom is 0.161 e. The van der Waals surface area contributed by atoms with Crippen LogP contribution < -0.4 is 10.6 Å². The Bertz CT molecular complexity index is 1350. The Kier molecular flexibility index (Phi) is 6.11. The molecule has 3 aliphatic rings. The van der Waals surface area contributed by atoms with Gasteiger partial charge in [-0.2, -0.15) is 10.5 Å². The first-order valence-electron chi connectivity index (χ1n) is 12.4. The van der Waals surface area contributed by atoms with Crippen LogP contribution in [0.15, 0.2) is 34.8 Å². The van der Waals surface area contributed by atoms with Crippen LogP contribution in [0.3, 0.4) is 0 Å². The average molecular weight is 503 g/mol. The molecule has 1 atom stereocenters. The second-order valence-corrected chi connectivity index (χ2v) is 12.8. The van der Waals surface area contributed by atoms with Crippen molar-refractivity contribution in [3.63, 3.8) is 0 Å². The van der Waals surface area contributed by atoms with Gasteiger partial charge in [0.2, 0.25) is 0 Å². The van der Waals surface area contributed by atoms with Crippen molar-refractivity contribution >= 4 is 33.5 Å². The highest BCUT2D eigenvalue weighted by molar-refractivity contribution is 7.16. The van der Waals surface area contributed by atoms with Crippen molar-refractivity contribution in [3.8, 4) is 12.1 Å². The number of nitrogens with zero attached hydrogens (tertiary/aromatic N) is 3. The first-order valence-corrected chi connectivity index (χ1v) is 14.0. The molecule has 0 fully saturated rings. The Labute approximate surface area is 215 Å². The van der Waals surface area contributed by atoms with Gasteiger partial charge < -0.3 is 5.73 Å². The van der Waals surface area contributed by atoms with Gasteiger partial charge in [0, 0.05) is 32.3 Å². The van der Waals surface area contributed by atoms with Gasteiger partial charge in [-0.25, -0.2) is 0 Å². The Morgan fingerprint density at radius 3 is 2.46 bits per heavy atom. The van der Waals surface area contributed by atoms with Gasteiger partial charge in [0.1, 0.15) is 16.9 Å². The maximum atomic E-state index is 13.4. The number of aryl methyl sites for hydroxylation is 1.